The van der Waals surface area contributed by atoms with Crippen molar-refractivity contribution in [2.45, 2.75) is 38.8 Å². The van der Waals surface area contributed by atoms with Crippen LogP contribution in [-0.2, 0) is 6.42 Å². The van der Waals surface area contributed by atoms with Gasteiger partial charge < -0.3 is 10.1 Å². The van der Waals surface area contributed by atoms with E-state index in [4.69, 9.17) is 4.74 Å². The first-order chi connectivity index (χ1) is 9.57. The fraction of sp³-hybridized carbons (Fsp3) is 0.647. The molecule has 3 rings (SSSR count). The molecule has 0 radical (unpaired) electrons. The van der Waals surface area contributed by atoms with Crippen LogP contribution in [0.1, 0.15) is 25.8 Å². The number of hydrogen-bond donors (Lipinski definition) is 1. The Bertz CT molecular complexity index is 449. The number of benzene rings is 1. The number of nitrogens with zero attached hydrogens (tertiary/aromatic N) is 1. The van der Waals surface area contributed by atoms with E-state index in [1.165, 1.54) is 12.0 Å². The molecule has 4 heteroatoms. The minimum atomic E-state index is 0. The normalized spacial score (nSPS) is 28.9. The predicted octanol–water partition coefficient (Wildman–Crippen LogP) is 2.73. The molecule has 118 valence electrons. The molecule has 1 aromatic carbocycles. The van der Waals surface area contributed by atoms with Gasteiger partial charge in [0.2, 0.25) is 0 Å². The summed E-state index contributed by atoms with van der Waals surface area (Å²) >= 11 is 0. The van der Waals surface area contributed by atoms with E-state index in [0.29, 0.717) is 11.5 Å². The van der Waals surface area contributed by atoms with Crippen LogP contribution >= 0.6 is 12.4 Å². The maximum Gasteiger partial charge on any atom is 0.123 e. The van der Waals surface area contributed by atoms with Crippen LogP contribution in [0.2, 0.25) is 0 Å². The van der Waals surface area contributed by atoms with Crippen molar-refractivity contribution >= 4 is 12.4 Å². The maximum absolute atomic E-state index is 6.13. The fourth-order valence-corrected chi connectivity index (χ4v) is 3.51. The first-order valence-corrected chi connectivity index (χ1v) is 7.73. The van der Waals surface area contributed by atoms with Crippen LogP contribution < -0.4 is 10.1 Å². The first kappa shape index (κ1) is 16.6. The number of likely N-dealkylation sites (N-methyl/N-ethyl adjacent to an activating group) is 1. The van der Waals surface area contributed by atoms with E-state index in [0.717, 1.165) is 31.8 Å². The van der Waals surface area contributed by atoms with Gasteiger partial charge in [0, 0.05) is 25.6 Å². The third-order valence-corrected chi connectivity index (χ3v) is 4.99. The summed E-state index contributed by atoms with van der Waals surface area (Å²) in [6.07, 6.45) is 2.60. The van der Waals surface area contributed by atoms with Gasteiger partial charge in [0.05, 0.1) is 0 Å². The highest BCUT2D eigenvalue weighted by Gasteiger charge is 2.35. The Morgan fingerprint density at radius 1 is 1.43 bits per heavy atom. The Balaban J connectivity index is 0.00000161. The van der Waals surface area contributed by atoms with Crippen molar-refractivity contribution < 1.29 is 4.74 Å². The zero-order valence-electron chi connectivity index (χ0n) is 13.3. The van der Waals surface area contributed by atoms with Gasteiger partial charge in [0.15, 0.2) is 0 Å². The summed E-state index contributed by atoms with van der Waals surface area (Å²) in [5.41, 5.74) is 1.76. The van der Waals surface area contributed by atoms with Gasteiger partial charge in [-0.1, -0.05) is 25.1 Å². The summed E-state index contributed by atoms with van der Waals surface area (Å²) in [4.78, 5) is 2.48. The monoisotopic (exact) mass is 310 g/mol. The molecule has 3 atom stereocenters. The Morgan fingerprint density at radius 2 is 2.19 bits per heavy atom. The molecule has 3 unspecified atom stereocenters. The summed E-state index contributed by atoms with van der Waals surface area (Å²) in [6.45, 7) is 8.11. The third kappa shape index (κ3) is 3.53. The van der Waals surface area contributed by atoms with Gasteiger partial charge in [0.1, 0.15) is 11.9 Å². The highest BCUT2D eigenvalue weighted by molar-refractivity contribution is 5.85. The van der Waals surface area contributed by atoms with Crippen molar-refractivity contribution in [2.75, 3.05) is 26.7 Å². The maximum atomic E-state index is 6.13. The van der Waals surface area contributed by atoms with Gasteiger partial charge >= 0.3 is 0 Å². The molecule has 0 spiro atoms. The third-order valence-electron chi connectivity index (χ3n) is 4.99. The van der Waals surface area contributed by atoms with E-state index < -0.39 is 0 Å². The Hall–Kier alpha value is -0.770. The molecule has 0 amide bonds. The van der Waals surface area contributed by atoms with Crippen molar-refractivity contribution in [1.29, 1.82) is 0 Å². The van der Waals surface area contributed by atoms with Crippen molar-refractivity contribution in [3.63, 3.8) is 0 Å². The fourth-order valence-electron chi connectivity index (χ4n) is 3.51. The van der Waals surface area contributed by atoms with Gasteiger partial charge in [0.25, 0.3) is 0 Å². The molecular weight excluding hydrogens is 284 g/mol. The SMILES string of the molecule is CC(C1Cc2ccccc2O1)N(C)CC1(C)CCNC1.Cl. The van der Waals surface area contributed by atoms with Crippen LogP contribution in [-0.4, -0.2) is 43.7 Å². The zero-order chi connectivity index (χ0) is 14.2. The molecule has 1 saturated heterocycles. The molecule has 0 aromatic heterocycles. The second-order valence-electron chi connectivity index (χ2n) is 6.86. The van der Waals surface area contributed by atoms with E-state index in [2.05, 4.69) is 55.4 Å². The van der Waals surface area contributed by atoms with Crippen LogP contribution in [0.3, 0.4) is 0 Å². The van der Waals surface area contributed by atoms with Gasteiger partial charge in [-0.05, 0) is 44.0 Å². The zero-order valence-corrected chi connectivity index (χ0v) is 14.1. The van der Waals surface area contributed by atoms with Crippen LogP contribution in [0.5, 0.6) is 5.75 Å². The molecule has 1 fully saturated rings. The summed E-state index contributed by atoms with van der Waals surface area (Å²) in [7, 11) is 2.24. The average molecular weight is 311 g/mol. The summed E-state index contributed by atoms with van der Waals surface area (Å²) in [5.74, 6) is 1.08. The van der Waals surface area contributed by atoms with Crippen molar-refractivity contribution in [2.24, 2.45) is 5.41 Å². The lowest BCUT2D eigenvalue weighted by molar-refractivity contribution is 0.0818. The van der Waals surface area contributed by atoms with Crippen molar-refractivity contribution in [3.8, 4) is 5.75 Å². The van der Waals surface area contributed by atoms with Crippen molar-refractivity contribution in [1.82, 2.24) is 10.2 Å². The van der Waals surface area contributed by atoms with Gasteiger partial charge in [-0.15, -0.1) is 12.4 Å². The molecule has 0 saturated carbocycles. The first-order valence-electron chi connectivity index (χ1n) is 7.73. The van der Waals surface area contributed by atoms with E-state index in [-0.39, 0.29) is 18.5 Å². The van der Waals surface area contributed by atoms with E-state index in [1.807, 2.05) is 0 Å². The minimum absolute atomic E-state index is 0. The second-order valence-corrected chi connectivity index (χ2v) is 6.86. The molecule has 0 aliphatic carbocycles. The lowest BCUT2D eigenvalue weighted by Crippen LogP contribution is -2.46. The molecule has 1 N–H and O–H groups in total. The number of para-hydroxylation sites is 1. The Morgan fingerprint density at radius 3 is 2.86 bits per heavy atom. The molecular formula is C17H27ClN2O. The number of rotatable bonds is 4. The second kappa shape index (κ2) is 6.55. The minimum Gasteiger partial charge on any atom is -0.488 e. The summed E-state index contributed by atoms with van der Waals surface area (Å²) < 4.78 is 6.13. The van der Waals surface area contributed by atoms with Crippen LogP contribution in [0.15, 0.2) is 24.3 Å². The molecule has 3 nitrogen and oxygen atoms in total. The van der Waals surface area contributed by atoms with Crippen LogP contribution in [0.25, 0.3) is 0 Å². The largest absolute Gasteiger partial charge is 0.488 e. The number of halogens is 1. The molecule has 1 aromatic rings. The predicted molar refractivity (Wildman–Crippen MR) is 89.5 cm³/mol. The van der Waals surface area contributed by atoms with Crippen LogP contribution in [0.4, 0.5) is 0 Å². The topological polar surface area (TPSA) is 24.5 Å². The van der Waals surface area contributed by atoms with Gasteiger partial charge in [-0.2, -0.15) is 0 Å². The highest BCUT2D eigenvalue weighted by atomic mass is 35.5. The van der Waals surface area contributed by atoms with E-state index >= 15 is 0 Å². The smallest absolute Gasteiger partial charge is 0.123 e. The van der Waals surface area contributed by atoms with Crippen LogP contribution in [0, 0.1) is 5.41 Å². The van der Waals surface area contributed by atoms with Crippen molar-refractivity contribution in [3.05, 3.63) is 29.8 Å². The summed E-state index contributed by atoms with van der Waals surface area (Å²) in [6, 6.07) is 8.87. The molecule has 21 heavy (non-hydrogen) atoms. The van der Waals surface area contributed by atoms with E-state index in [9.17, 15) is 0 Å². The van der Waals surface area contributed by atoms with Gasteiger partial charge in [-0.3, -0.25) is 4.90 Å². The molecule has 0 bridgehead atoms. The van der Waals surface area contributed by atoms with E-state index in [1.54, 1.807) is 0 Å². The summed E-state index contributed by atoms with van der Waals surface area (Å²) in [5, 5.41) is 3.48. The lowest BCUT2D eigenvalue weighted by atomic mass is 9.88. The quantitative estimate of drug-likeness (QED) is 0.925. The standard InChI is InChI=1S/C17H26N2O.ClH/c1-13(19(3)12-17(2)8-9-18-11-17)16-10-14-6-4-5-7-15(14)20-16;/h4-7,13,16,18H,8-12H2,1-3H3;1H. The lowest BCUT2D eigenvalue weighted by Gasteiger charge is -2.35. The number of hydrogen-bond acceptors (Lipinski definition) is 3. The Labute approximate surface area is 134 Å². The highest BCUT2D eigenvalue weighted by Crippen LogP contribution is 2.32. The molecule has 2 aliphatic heterocycles. The van der Waals surface area contributed by atoms with Gasteiger partial charge in [-0.25, -0.2) is 0 Å². The molecule has 2 heterocycles. The number of nitrogens with one attached hydrogen (secondary N) is 1. The number of fused-ring (bicyclic) bond motifs is 1. The molecule has 2 aliphatic rings. The Kier molecular flexibility index (Phi) is 5.18. The number of ether oxygens (including phenoxy) is 1. The average Bonchev–Trinajstić information content (AvgIpc) is 3.03.